The van der Waals surface area contributed by atoms with Crippen molar-refractivity contribution in [2.24, 2.45) is 0 Å². The standard InChI is InChI=1S/C16H12OS/c1-11-7-8-15-13(9-11)16(18)14(10-17-15)12-5-3-2-4-6-12/h2-10H,1H3. The Morgan fingerprint density at radius 3 is 2.56 bits per heavy atom. The zero-order valence-electron chi connectivity index (χ0n) is 10.0. The zero-order valence-corrected chi connectivity index (χ0v) is 10.8. The largest absolute Gasteiger partial charge is 0.464 e. The predicted molar refractivity (Wildman–Crippen MR) is 77.2 cm³/mol. The summed E-state index contributed by atoms with van der Waals surface area (Å²) in [6.07, 6.45) is 1.75. The summed E-state index contributed by atoms with van der Waals surface area (Å²) in [4.78, 5) is 0. The lowest BCUT2D eigenvalue weighted by Gasteiger charge is -2.04. The molecule has 1 heterocycles. The van der Waals surface area contributed by atoms with Gasteiger partial charge in [-0.25, -0.2) is 0 Å². The second kappa shape index (κ2) is 4.39. The fraction of sp³-hybridized carbons (Fsp3) is 0.0625. The van der Waals surface area contributed by atoms with Gasteiger partial charge < -0.3 is 4.42 Å². The van der Waals surface area contributed by atoms with Crippen LogP contribution >= 0.6 is 12.2 Å². The van der Waals surface area contributed by atoms with Gasteiger partial charge in [-0.3, -0.25) is 0 Å². The Balaban J connectivity index is 2.33. The minimum Gasteiger partial charge on any atom is -0.464 e. The van der Waals surface area contributed by atoms with Crippen molar-refractivity contribution in [2.75, 3.05) is 0 Å². The van der Waals surface area contributed by atoms with E-state index in [2.05, 4.69) is 13.0 Å². The quantitative estimate of drug-likeness (QED) is 0.556. The highest BCUT2D eigenvalue weighted by atomic mass is 32.1. The van der Waals surface area contributed by atoms with Gasteiger partial charge in [-0.1, -0.05) is 54.2 Å². The SMILES string of the molecule is Cc1ccc2occ(-c3ccccc3)c(=S)c2c1. The molecule has 2 heteroatoms. The molecular formula is C16H12OS. The molecular weight excluding hydrogens is 240 g/mol. The van der Waals surface area contributed by atoms with Gasteiger partial charge >= 0.3 is 0 Å². The molecule has 3 rings (SSSR count). The molecule has 0 spiro atoms. The van der Waals surface area contributed by atoms with Crippen LogP contribution in [0.4, 0.5) is 0 Å². The first-order chi connectivity index (χ1) is 8.75. The third kappa shape index (κ3) is 1.85. The summed E-state index contributed by atoms with van der Waals surface area (Å²) in [6, 6.07) is 16.2. The van der Waals surface area contributed by atoms with E-state index in [9.17, 15) is 0 Å². The van der Waals surface area contributed by atoms with Crippen LogP contribution in [0.25, 0.3) is 22.1 Å². The van der Waals surface area contributed by atoms with Gasteiger partial charge in [0, 0.05) is 10.9 Å². The molecule has 0 saturated heterocycles. The van der Waals surface area contributed by atoms with Crippen molar-refractivity contribution in [2.45, 2.75) is 6.92 Å². The summed E-state index contributed by atoms with van der Waals surface area (Å²) in [6.45, 7) is 2.06. The van der Waals surface area contributed by atoms with Crippen LogP contribution < -0.4 is 0 Å². The summed E-state index contributed by atoms with van der Waals surface area (Å²) < 4.78 is 6.52. The molecule has 0 aliphatic rings. The van der Waals surface area contributed by atoms with Crippen LogP contribution in [0.2, 0.25) is 0 Å². The topological polar surface area (TPSA) is 13.1 Å². The lowest BCUT2D eigenvalue weighted by molar-refractivity contribution is 0.605. The molecule has 2 aromatic carbocycles. The fourth-order valence-corrected chi connectivity index (χ4v) is 2.39. The second-order valence-corrected chi connectivity index (χ2v) is 4.75. The van der Waals surface area contributed by atoms with Crippen molar-refractivity contribution in [1.29, 1.82) is 0 Å². The molecule has 1 aromatic heterocycles. The van der Waals surface area contributed by atoms with E-state index >= 15 is 0 Å². The minimum atomic E-state index is 0.838. The highest BCUT2D eigenvalue weighted by Gasteiger charge is 2.05. The molecule has 0 fully saturated rings. The van der Waals surface area contributed by atoms with Gasteiger partial charge in [0.25, 0.3) is 0 Å². The maximum absolute atomic E-state index is 5.67. The average Bonchev–Trinajstić information content (AvgIpc) is 2.41. The molecule has 0 aliphatic heterocycles. The summed E-state index contributed by atoms with van der Waals surface area (Å²) in [5.41, 5.74) is 4.10. The van der Waals surface area contributed by atoms with Crippen LogP contribution in [0, 0.1) is 11.4 Å². The first-order valence-electron chi connectivity index (χ1n) is 5.83. The van der Waals surface area contributed by atoms with E-state index in [1.807, 2.05) is 42.5 Å². The van der Waals surface area contributed by atoms with E-state index in [1.54, 1.807) is 6.26 Å². The summed E-state index contributed by atoms with van der Waals surface area (Å²) in [5.74, 6) is 0. The Bertz CT molecular complexity index is 757. The van der Waals surface area contributed by atoms with Gasteiger partial charge in [-0.2, -0.15) is 0 Å². The smallest absolute Gasteiger partial charge is 0.135 e. The highest BCUT2D eigenvalue weighted by Crippen LogP contribution is 2.27. The molecule has 0 unspecified atom stereocenters. The number of hydrogen-bond acceptors (Lipinski definition) is 2. The molecule has 18 heavy (non-hydrogen) atoms. The number of aryl methyl sites for hydroxylation is 1. The number of rotatable bonds is 1. The van der Waals surface area contributed by atoms with Gasteiger partial charge in [0.05, 0.1) is 4.51 Å². The highest BCUT2D eigenvalue weighted by molar-refractivity contribution is 7.71. The molecule has 0 aliphatic carbocycles. The van der Waals surface area contributed by atoms with Crippen LogP contribution in [0.3, 0.4) is 0 Å². The van der Waals surface area contributed by atoms with Gasteiger partial charge in [0.1, 0.15) is 11.8 Å². The van der Waals surface area contributed by atoms with Crippen molar-refractivity contribution < 1.29 is 4.42 Å². The molecule has 3 aromatic rings. The summed E-state index contributed by atoms with van der Waals surface area (Å²) in [5, 5.41) is 1.01. The minimum absolute atomic E-state index is 0.838. The van der Waals surface area contributed by atoms with Crippen LogP contribution in [-0.4, -0.2) is 0 Å². The summed E-state index contributed by atoms with van der Waals surface area (Å²) in [7, 11) is 0. The van der Waals surface area contributed by atoms with E-state index in [-0.39, 0.29) is 0 Å². The van der Waals surface area contributed by atoms with E-state index in [1.165, 1.54) is 5.56 Å². The Morgan fingerprint density at radius 1 is 1.00 bits per heavy atom. The van der Waals surface area contributed by atoms with Crippen LogP contribution in [0.15, 0.2) is 59.2 Å². The maximum Gasteiger partial charge on any atom is 0.135 e. The maximum atomic E-state index is 5.67. The molecule has 0 atom stereocenters. The first kappa shape index (κ1) is 11.2. The van der Waals surface area contributed by atoms with Crippen molar-refractivity contribution in [3.63, 3.8) is 0 Å². The molecule has 88 valence electrons. The third-order valence-corrected chi connectivity index (χ3v) is 3.45. The second-order valence-electron chi connectivity index (χ2n) is 4.34. The zero-order chi connectivity index (χ0) is 12.5. The van der Waals surface area contributed by atoms with Gasteiger partial charge in [-0.15, -0.1) is 0 Å². The molecule has 0 amide bonds. The Labute approximate surface area is 111 Å². The van der Waals surface area contributed by atoms with Gasteiger partial charge in [0.2, 0.25) is 0 Å². The normalized spacial score (nSPS) is 10.7. The molecule has 0 saturated carbocycles. The van der Waals surface area contributed by atoms with E-state index in [0.717, 1.165) is 26.6 Å². The molecule has 1 nitrogen and oxygen atoms in total. The molecule has 0 bridgehead atoms. The van der Waals surface area contributed by atoms with Crippen LogP contribution in [0.1, 0.15) is 5.56 Å². The van der Waals surface area contributed by atoms with E-state index in [4.69, 9.17) is 16.6 Å². The van der Waals surface area contributed by atoms with Crippen molar-refractivity contribution in [3.8, 4) is 11.1 Å². The van der Waals surface area contributed by atoms with Crippen LogP contribution in [0.5, 0.6) is 0 Å². The Morgan fingerprint density at radius 2 is 1.78 bits per heavy atom. The van der Waals surface area contributed by atoms with E-state index < -0.39 is 0 Å². The van der Waals surface area contributed by atoms with Crippen molar-refractivity contribution >= 4 is 23.2 Å². The van der Waals surface area contributed by atoms with Crippen molar-refractivity contribution in [1.82, 2.24) is 0 Å². The number of benzene rings is 2. The lowest BCUT2D eigenvalue weighted by Crippen LogP contribution is -1.82. The van der Waals surface area contributed by atoms with Crippen LogP contribution in [-0.2, 0) is 0 Å². The first-order valence-corrected chi connectivity index (χ1v) is 6.24. The van der Waals surface area contributed by atoms with Crippen molar-refractivity contribution in [3.05, 3.63) is 64.9 Å². The summed E-state index contributed by atoms with van der Waals surface area (Å²) >= 11 is 5.58. The molecule has 0 radical (unpaired) electrons. The van der Waals surface area contributed by atoms with Gasteiger partial charge in [0.15, 0.2) is 0 Å². The molecule has 0 N–H and O–H groups in total. The average molecular weight is 252 g/mol. The lowest BCUT2D eigenvalue weighted by atomic mass is 10.1. The van der Waals surface area contributed by atoms with Gasteiger partial charge in [-0.05, 0) is 24.6 Å². The number of fused-ring (bicyclic) bond motifs is 1. The van der Waals surface area contributed by atoms with E-state index in [0.29, 0.717) is 0 Å². The predicted octanol–water partition coefficient (Wildman–Crippen LogP) is 5.14. The Hall–Kier alpha value is -1.93. The third-order valence-electron chi connectivity index (χ3n) is 3.01. The fourth-order valence-electron chi connectivity index (χ4n) is 2.06. The Kier molecular flexibility index (Phi) is 2.73. The number of hydrogen-bond donors (Lipinski definition) is 0. The monoisotopic (exact) mass is 252 g/mol.